The van der Waals surface area contributed by atoms with Crippen LogP contribution in [-0.2, 0) is 6.54 Å². The van der Waals surface area contributed by atoms with Crippen LogP contribution in [0.2, 0.25) is 5.02 Å². The number of aromatic nitrogens is 2. The molecule has 0 fully saturated rings. The molecule has 2 aromatic carbocycles. The van der Waals surface area contributed by atoms with Crippen molar-refractivity contribution in [2.75, 3.05) is 10.7 Å². The molecular weight excluding hydrogens is 403 g/mol. The quantitative estimate of drug-likeness (QED) is 0.397. The second kappa shape index (κ2) is 8.93. The number of carbonyl (C=O) groups excluding carboxylic acids is 1. The van der Waals surface area contributed by atoms with Crippen molar-refractivity contribution >= 4 is 34.8 Å². The van der Waals surface area contributed by atoms with Gasteiger partial charge in [-0.2, -0.15) is 0 Å². The van der Waals surface area contributed by atoms with E-state index in [-0.39, 0.29) is 23.7 Å². The lowest BCUT2D eigenvalue weighted by Gasteiger charge is -2.11. The first-order valence-electron chi connectivity index (χ1n) is 8.23. The highest BCUT2D eigenvalue weighted by atomic mass is 35.5. The summed E-state index contributed by atoms with van der Waals surface area (Å²) in [5.74, 6) is -1.34. The highest BCUT2D eigenvalue weighted by Crippen LogP contribution is 2.28. The van der Waals surface area contributed by atoms with E-state index in [0.29, 0.717) is 5.02 Å². The van der Waals surface area contributed by atoms with E-state index in [4.69, 9.17) is 11.6 Å². The standard InChI is InChI=1S/C18H14ClFN6O3/c19-13-5-1-11(2-6-13)9-21-16-15(26(28)29)17(23-10-22-16)24-25-18(27)12-3-7-14(20)8-4-12/h1-8,10H,9H2,(H,25,27)(H2,21,22,23,24). The number of hydrogen-bond acceptors (Lipinski definition) is 7. The molecule has 1 heterocycles. The van der Waals surface area contributed by atoms with Crippen LogP contribution in [0.5, 0.6) is 0 Å². The molecule has 0 radical (unpaired) electrons. The number of hydrazine groups is 1. The maximum absolute atomic E-state index is 12.9. The van der Waals surface area contributed by atoms with Crippen LogP contribution >= 0.6 is 11.6 Å². The van der Waals surface area contributed by atoms with Crippen LogP contribution in [0, 0.1) is 15.9 Å². The number of nitrogens with zero attached hydrogens (tertiary/aromatic N) is 3. The molecule has 1 amide bonds. The van der Waals surface area contributed by atoms with Crippen molar-refractivity contribution < 1.29 is 14.1 Å². The van der Waals surface area contributed by atoms with Gasteiger partial charge >= 0.3 is 5.69 Å². The molecule has 0 saturated carbocycles. The minimum atomic E-state index is -0.670. The summed E-state index contributed by atoms with van der Waals surface area (Å²) in [5, 5.41) is 15.0. The Morgan fingerprint density at radius 2 is 1.72 bits per heavy atom. The van der Waals surface area contributed by atoms with Crippen LogP contribution in [0.3, 0.4) is 0 Å². The number of nitrogens with one attached hydrogen (secondary N) is 3. The van der Waals surface area contributed by atoms with Crippen LogP contribution in [0.25, 0.3) is 0 Å². The summed E-state index contributed by atoms with van der Waals surface area (Å²) in [7, 11) is 0. The molecule has 3 aromatic rings. The highest BCUT2D eigenvalue weighted by Gasteiger charge is 2.23. The second-order valence-electron chi connectivity index (χ2n) is 5.74. The number of carbonyl (C=O) groups is 1. The highest BCUT2D eigenvalue weighted by molar-refractivity contribution is 6.30. The van der Waals surface area contributed by atoms with Crippen molar-refractivity contribution in [2.24, 2.45) is 0 Å². The molecule has 0 bridgehead atoms. The Labute approximate surface area is 169 Å². The summed E-state index contributed by atoms with van der Waals surface area (Å²) in [6.07, 6.45) is 1.11. The fourth-order valence-corrected chi connectivity index (χ4v) is 2.48. The first-order chi connectivity index (χ1) is 13.9. The van der Waals surface area contributed by atoms with Gasteiger partial charge in [-0.1, -0.05) is 23.7 Å². The molecule has 0 saturated heterocycles. The van der Waals surface area contributed by atoms with Gasteiger partial charge in [-0.05, 0) is 42.0 Å². The van der Waals surface area contributed by atoms with Crippen molar-refractivity contribution in [2.45, 2.75) is 6.54 Å². The molecule has 3 N–H and O–H groups in total. The predicted molar refractivity (Wildman–Crippen MR) is 105 cm³/mol. The molecule has 29 heavy (non-hydrogen) atoms. The van der Waals surface area contributed by atoms with E-state index in [2.05, 4.69) is 26.1 Å². The summed E-state index contributed by atoms with van der Waals surface area (Å²) >= 11 is 5.84. The largest absolute Gasteiger partial charge is 0.360 e. The lowest BCUT2D eigenvalue weighted by molar-refractivity contribution is -0.383. The van der Waals surface area contributed by atoms with Crippen LogP contribution < -0.4 is 16.2 Å². The van der Waals surface area contributed by atoms with E-state index in [1.54, 1.807) is 24.3 Å². The summed E-state index contributed by atoms with van der Waals surface area (Å²) in [4.78, 5) is 30.7. The Morgan fingerprint density at radius 3 is 2.38 bits per heavy atom. The second-order valence-corrected chi connectivity index (χ2v) is 6.18. The molecule has 0 unspecified atom stereocenters. The first-order valence-corrected chi connectivity index (χ1v) is 8.61. The third kappa shape index (κ3) is 5.14. The normalized spacial score (nSPS) is 10.3. The smallest absolute Gasteiger partial charge is 0.354 e. The summed E-state index contributed by atoms with van der Waals surface area (Å²) in [6.45, 7) is 0.260. The van der Waals surface area contributed by atoms with Gasteiger partial charge in [0.1, 0.15) is 12.1 Å². The Balaban J connectivity index is 1.73. The van der Waals surface area contributed by atoms with Crippen LogP contribution in [0.1, 0.15) is 15.9 Å². The monoisotopic (exact) mass is 416 g/mol. The van der Waals surface area contributed by atoms with Gasteiger partial charge in [0, 0.05) is 17.1 Å². The van der Waals surface area contributed by atoms with Gasteiger partial charge in [0.25, 0.3) is 5.91 Å². The number of anilines is 2. The Kier molecular flexibility index (Phi) is 6.15. The summed E-state index contributed by atoms with van der Waals surface area (Å²) < 4.78 is 12.9. The van der Waals surface area contributed by atoms with Gasteiger partial charge < -0.3 is 5.32 Å². The van der Waals surface area contributed by atoms with Crippen molar-refractivity contribution in [1.29, 1.82) is 0 Å². The Hall–Kier alpha value is -3.79. The zero-order valence-corrected chi connectivity index (χ0v) is 15.5. The number of hydrogen-bond donors (Lipinski definition) is 3. The number of halogens is 2. The summed E-state index contributed by atoms with van der Waals surface area (Å²) in [6, 6.07) is 11.7. The molecule has 11 heteroatoms. The van der Waals surface area contributed by atoms with E-state index in [1.807, 2.05) is 0 Å². The molecule has 0 atom stereocenters. The molecule has 1 aromatic heterocycles. The Morgan fingerprint density at radius 1 is 1.07 bits per heavy atom. The Bertz CT molecular complexity index is 1030. The van der Waals surface area contributed by atoms with Gasteiger partial charge in [0.2, 0.25) is 11.6 Å². The lowest BCUT2D eigenvalue weighted by atomic mass is 10.2. The SMILES string of the molecule is O=C(NNc1ncnc(NCc2ccc(Cl)cc2)c1[N+](=O)[O-])c1ccc(F)cc1. The number of rotatable bonds is 7. The van der Waals surface area contributed by atoms with Crippen LogP contribution in [0.15, 0.2) is 54.9 Å². The lowest BCUT2D eigenvalue weighted by Crippen LogP contribution is -2.30. The van der Waals surface area contributed by atoms with E-state index in [9.17, 15) is 19.3 Å². The van der Waals surface area contributed by atoms with Crippen LogP contribution in [0.4, 0.5) is 21.7 Å². The maximum atomic E-state index is 12.9. The third-order valence-electron chi connectivity index (χ3n) is 3.78. The van der Waals surface area contributed by atoms with Crippen LogP contribution in [-0.4, -0.2) is 20.8 Å². The fourth-order valence-electron chi connectivity index (χ4n) is 2.35. The van der Waals surface area contributed by atoms with E-state index < -0.39 is 22.3 Å². The number of nitro groups is 1. The van der Waals surface area contributed by atoms with E-state index in [0.717, 1.165) is 24.0 Å². The molecule has 148 valence electrons. The molecular formula is C18H14ClFN6O3. The predicted octanol–water partition coefficient (Wildman–Crippen LogP) is 3.55. The molecule has 0 spiro atoms. The van der Waals surface area contributed by atoms with Crippen molar-refractivity contribution in [3.05, 3.63) is 86.9 Å². The number of benzene rings is 2. The maximum Gasteiger partial charge on any atom is 0.354 e. The average Bonchev–Trinajstić information content (AvgIpc) is 2.72. The van der Waals surface area contributed by atoms with Gasteiger partial charge in [-0.15, -0.1) is 0 Å². The van der Waals surface area contributed by atoms with Crippen molar-refractivity contribution in [3.8, 4) is 0 Å². The van der Waals surface area contributed by atoms with Gasteiger partial charge in [-0.3, -0.25) is 25.8 Å². The fraction of sp³-hybridized carbons (Fsp3) is 0.0556. The van der Waals surface area contributed by atoms with E-state index >= 15 is 0 Å². The minimum Gasteiger partial charge on any atom is -0.360 e. The first kappa shape index (κ1) is 20.0. The van der Waals surface area contributed by atoms with Gasteiger partial charge in [-0.25, -0.2) is 14.4 Å². The molecule has 0 aliphatic heterocycles. The molecule has 9 nitrogen and oxygen atoms in total. The summed E-state index contributed by atoms with van der Waals surface area (Å²) in [5.41, 5.74) is 5.25. The average molecular weight is 417 g/mol. The van der Waals surface area contributed by atoms with Gasteiger partial charge in [0.05, 0.1) is 4.92 Å². The van der Waals surface area contributed by atoms with E-state index in [1.165, 1.54) is 12.1 Å². The topological polar surface area (TPSA) is 122 Å². The number of amides is 1. The van der Waals surface area contributed by atoms with Crippen molar-refractivity contribution in [1.82, 2.24) is 15.4 Å². The minimum absolute atomic E-state index is 0.0292. The molecule has 0 aliphatic carbocycles. The van der Waals surface area contributed by atoms with Crippen molar-refractivity contribution in [3.63, 3.8) is 0 Å². The zero-order valence-electron chi connectivity index (χ0n) is 14.7. The molecule has 3 rings (SSSR count). The molecule has 0 aliphatic rings. The third-order valence-corrected chi connectivity index (χ3v) is 4.03. The zero-order chi connectivity index (χ0) is 20.8. The van der Waals surface area contributed by atoms with Gasteiger partial charge in [0.15, 0.2) is 0 Å².